The van der Waals surface area contributed by atoms with Gasteiger partial charge in [-0.3, -0.25) is 4.79 Å². The first-order valence-corrected chi connectivity index (χ1v) is 5.02. The zero-order valence-corrected chi connectivity index (χ0v) is 9.01. The second-order valence-electron chi connectivity index (χ2n) is 3.60. The average Bonchev–Trinajstić information content (AvgIpc) is 2.17. The quantitative estimate of drug-likeness (QED) is 0.770. The minimum atomic E-state index is -0.652. The summed E-state index contributed by atoms with van der Waals surface area (Å²) in [5.41, 5.74) is 0.955. The van der Waals surface area contributed by atoms with E-state index in [0.717, 1.165) is 5.56 Å². The van der Waals surface area contributed by atoms with Gasteiger partial charge in [-0.25, -0.2) is 0 Å². The maximum absolute atomic E-state index is 11.3. The molecular formula is C12H16O3. The largest absolute Gasteiger partial charge is 0.458 e. The number of aliphatic hydroxyl groups is 1. The molecule has 0 aliphatic rings. The van der Waals surface area contributed by atoms with Crippen LogP contribution in [0.2, 0.25) is 0 Å². The third-order valence-corrected chi connectivity index (χ3v) is 2.04. The molecule has 0 radical (unpaired) electrons. The van der Waals surface area contributed by atoms with Crippen molar-refractivity contribution in [3.8, 4) is 0 Å². The number of benzene rings is 1. The van der Waals surface area contributed by atoms with Crippen molar-refractivity contribution in [2.75, 3.05) is 0 Å². The Balaban J connectivity index is 2.49. The average molecular weight is 208 g/mol. The zero-order valence-electron chi connectivity index (χ0n) is 9.01. The molecule has 15 heavy (non-hydrogen) atoms. The van der Waals surface area contributed by atoms with Crippen molar-refractivity contribution in [1.29, 1.82) is 0 Å². The molecule has 0 heterocycles. The highest BCUT2D eigenvalue weighted by Gasteiger charge is 2.12. The summed E-state index contributed by atoms with van der Waals surface area (Å²) in [7, 11) is 0. The Morgan fingerprint density at radius 2 is 1.93 bits per heavy atom. The number of esters is 1. The van der Waals surface area contributed by atoms with Gasteiger partial charge in [0.25, 0.3) is 0 Å². The molecule has 0 saturated carbocycles. The van der Waals surface area contributed by atoms with Gasteiger partial charge in [0, 0.05) is 0 Å². The van der Waals surface area contributed by atoms with Crippen LogP contribution in [0.1, 0.15) is 31.9 Å². The summed E-state index contributed by atoms with van der Waals surface area (Å²) in [6.07, 6.45) is -0.880. The van der Waals surface area contributed by atoms with Crippen LogP contribution in [-0.4, -0.2) is 17.2 Å². The molecule has 0 bridgehead atoms. The number of ether oxygens (including phenoxy) is 1. The lowest BCUT2D eigenvalue weighted by Crippen LogP contribution is -2.14. The molecule has 0 aliphatic heterocycles. The lowest BCUT2D eigenvalue weighted by atomic mass is 10.1. The van der Waals surface area contributed by atoms with Gasteiger partial charge < -0.3 is 9.84 Å². The molecule has 3 heteroatoms. The lowest BCUT2D eigenvalue weighted by molar-refractivity contribution is -0.150. The molecule has 0 amide bonds. The van der Waals surface area contributed by atoms with E-state index in [4.69, 9.17) is 9.84 Å². The Labute approximate surface area is 89.7 Å². The normalized spacial score (nSPS) is 14.3. The Hall–Kier alpha value is -1.35. The van der Waals surface area contributed by atoms with Gasteiger partial charge in [0.15, 0.2) is 0 Å². The van der Waals surface area contributed by atoms with E-state index in [-0.39, 0.29) is 18.5 Å². The fourth-order valence-electron chi connectivity index (χ4n) is 1.28. The summed E-state index contributed by atoms with van der Waals surface area (Å²) in [4.78, 5) is 11.3. The number of rotatable bonds is 4. The lowest BCUT2D eigenvalue weighted by Gasteiger charge is -2.14. The van der Waals surface area contributed by atoms with Crippen molar-refractivity contribution in [2.45, 2.75) is 32.5 Å². The smallest absolute Gasteiger partial charge is 0.309 e. The van der Waals surface area contributed by atoms with Crippen molar-refractivity contribution in [3.63, 3.8) is 0 Å². The minimum absolute atomic E-state index is 0.0389. The molecule has 0 aromatic heterocycles. The van der Waals surface area contributed by atoms with Gasteiger partial charge in [-0.2, -0.15) is 0 Å². The highest BCUT2D eigenvalue weighted by Crippen LogP contribution is 2.16. The maximum atomic E-state index is 11.3. The van der Waals surface area contributed by atoms with Crippen LogP contribution in [0.5, 0.6) is 0 Å². The molecule has 0 unspecified atom stereocenters. The van der Waals surface area contributed by atoms with Crippen molar-refractivity contribution in [3.05, 3.63) is 35.9 Å². The van der Waals surface area contributed by atoms with Crippen molar-refractivity contribution < 1.29 is 14.6 Å². The number of hydrogen-bond acceptors (Lipinski definition) is 3. The molecule has 82 valence electrons. The first-order valence-electron chi connectivity index (χ1n) is 5.02. The standard InChI is InChI=1S/C12H16O3/c1-9(13)8-12(14)15-10(2)11-6-4-3-5-7-11/h3-7,9-10,13H,8H2,1-2H3/t9-,10+/m0/s1. The topological polar surface area (TPSA) is 46.5 Å². The Kier molecular flexibility index (Phi) is 4.31. The van der Waals surface area contributed by atoms with Gasteiger partial charge in [0.2, 0.25) is 0 Å². The summed E-state index contributed by atoms with van der Waals surface area (Å²) in [6.45, 7) is 3.38. The van der Waals surface area contributed by atoms with E-state index in [9.17, 15) is 4.79 Å². The summed E-state index contributed by atoms with van der Waals surface area (Å²) < 4.78 is 5.15. The third-order valence-electron chi connectivity index (χ3n) is 2.04. The molecule has 1 N–H and O–H groups in total. The van der Waals surface area contributed by atoms with E-state index in [2.05, 4.69) is 0 Å². The molecule has 1 aromatic rings. The SMILES string of the molecule is C[C@H](O)CC(=O)O[C@H](C)c1ccccc1. The molecule has 0 spiro atoms. The first kappa shape index (κ1) is 11.7. The summed E-state index contributed by atoms with van der Waals surface area (Å²) in [6, 6.07) is 9.51. The van der Waals surface area contributed by atoms with Crippen LogP contribution in [0.3, 0.4) is 0 Å². The van der Waals surface area contributed by atoms with Crippen LogP contribution < -0.4 is 0 Å². The molecule has 0 aliphatic carbocycles. The predicted molar refractivity (Wildman–Crippen MR) is 57.2 cm³/mol. The maximum Gasteiger partial charge on any atom is 0.309 e. The Bertz CT molecular complexity index is 306. The van der Waals surface area contributed by atoms with Gasteiger partial charge in [-0.05, 0) is 19.4 Å². The van der Waals surface area contributed by atoms with Crippen molar-refractivity contribution in [1.82, 2.24) is 0 Å². The molecule has 3 nitrogen and oxygen atoms in total. The Morgan fingerprint density at radius 3 is 2.47 bits per heavy atom. The van der Waals surface area contributed by atoms with E-state index in [1.807, 2.05) is 37.3 Å². The molecule has 1 aromatic carbocycles. The second kappa shape index (κ2) is 5.51. The number of carbonyl (C=O) groups is 1. The van der Waals surface area contributed by atoms with Crippen LogP contribution in [0.25, 0.3) is 0 Å². The summed E-state index contributed by atoms with van der Waals surface area (Å²) in [5.74, 6) is -0.374. The van der Waals surface area contributed by atoms with Gasteiger partial charge in [0.05, 0.1) is 12.5 Å². The molecule has 2 atom stereocenters. The van der Waals surface area contributed by atoms with Crippen LogP contribution in [-0.2, 0) is 9.53 Å². The fraction of sp³-hybridized carbons (Fsp3) is 0.417. The Morgan fingerprint density at radius 1 is 1.33 bits per heavy atom. The number of carbonyl (C=O) groups excluding carboxylic acids is 1. The summed E-state index contributed by atoms with van der Waals surface area (Å²) >= 11 is 0. The number of aliphatic hydroxyl groups excluding tert-OH is 1. The molecule has 1 rings (SSSR count). The van der Waals surface area contributed by atoms with E-state index in [1.54, 1.807) is 6.92 Å². The highest BCUT2D eigenvalue weighted by atomic mass is 16.5. The second-order valence-corrected chi connectivity index (χ2v) is 3.60. The van der Waals surface area contributed by atoms with E-state index in [1.165, 1.54) is 0 Å². The number of hydrogen-bond donors (Lipinski definition) is 1. The monoisotopic (exact) mass is 208 g/mol. The van der Waals surface area contributed by atoms with E-state index >= 15 is 0 Å². The van der Waals surface area contributed by atoms with Crippen LogP contribution >= 0.6 is 0 Å². The van der Waals surface area contributed by atoms with Gasteiger partial charge in [0.1, 0.15) is 6.10 Å². The van der Waals surface area contributed by atoms with Crippen molar-refractivity contribution in [2.24, 2.45) is 0 Å². The van der Waals surface area contributed by atoms with E-state index < -0.39 is 6.10 Å². The van der Waals surface area contributed by atoms with E-state index in [0.29, 0.717) is 0 Å². The van der Waals surface area contributed by atoms with Crippen LogP contribution in [0, 0.1) is 0 Å². The van der Waals surface area contributed by atoms with Gasteiger partial charge in [-0.15, -0.1) is 0 Å². The molecular weight excluding hydrogens is 192 g/mol. The van der Waals surface area contributed by atoms with Gasteiger partial charge >= 0.3 is 5.97 Å². The molecule has 0 saturated heterocycles. The van der Waals surface area contributed by atoms with Crippen molar-refractivity contribution >= 4 is 5.97 Å². The molecule has 0 fully saturated rings. The predicted octanol–water partition coefficient (Wildman–Crippen LogP) is 2.06. The minimum Gasteiger partial charge on any atom is -0.458 e. The third kappa shape index (κ3) is 4.13. The zero-order chi connectivity index (χ0) is 11.3. The fourth-order valence-corrected chi connectivity index (χ4v) is 1.28. The highest BCUT2D eigenvalue weighted by molar-refractivity contribution is 5.70. The summed E-state index contributed by atoms with van der Waals surface area (Å²) in [5, 5.41) is 9.01. The van der Waals surface area contributed by atoms with Crippen LogP contribution in [0.15, 0.2) is 30.3 Å². The van der Waals surface area contributed by atoms with Gasteiger partial charge in [-0.1, -0.05) is 30.3 Å². The van der Waals surface area contributed by atoms with Crippen LogP contribution in [0.4, 0.5) is 0 Å². The first-order chi connectivity index (χ1) is 7.09.